The number of methoxy groups -OCH3 is 1. The first-order valence-electron chi connectivity index (χ1n) is 7.23. The summed E-state index contributed by atoms with van der Waals surface area (Å²) in [7, 11) is 1.53. The minimum atomic E-state index is -0.192. The summed E-state index contributed by atoms with van der Waals surface area (Å²) in [6, 6.07) is 12.8. The summed E-state index contributed by atoms with van der Waals surface area (Å²) >= 11 is 3.35. The van der Waals surface area contributed by atoms with Gasteiger partial charge in [-0.3, -0.25) is 9.59 Å². The fraction of sp³-hybridized carbons (Fsp3) is 0.222. The second-order valence-corrected chi connectivity index (χ2v) is 6.10. The van der Waals surface area contributed by atoms with Crippen LogP contribution in [0.1, 0.15) is 28.8 Å². The highest BCUT2D eigenvalue weighted by Crippen LogP contribution is 2.22. The van der Waals surface area contributed by atoms with Crippen LogP contribution in [0.2, 0.25) is 0 Å². The number of rotatable bonds is 6. The molecule has 2 aromatic rings. The number of carbonyl (C=O) groups is 2. The molecule has 120 valence electrons. The van der Waals surface area contributed by atoms with Gasteiger partial charge in [-0.1, -0.05) is 33.6 Å². The van der Waals surface area contributed by atoms with Crippen molar-refractivity contribution in [3.05, 3.63) is 58.1 Å². The summed E-state index contributed by atoms with van der Waals surface area (Å²) in [5.74, 6) is 0.242. The van der Waals surface area contributed by atoms with E-state index in [4.69, 9.17) is 4.74 Å². The Morgan fingerprint density at radius 3 is 2.61 bits per heavy atom. The molecule has 0 aromatic heterocycles. The van der Waals surface area contributed by atoms with Crippen LogP contribution >= 0.6 is 15.9 Å². The highest BCUT2D eigenvalue weighted by Gasteiger charge is 2.14. The van der Waals surface area contributed by atoms with E-state index in [0.29, 0.717) is 17.0 Å². The van der Waals surface area contributed by atoms with Crippen molar-refractivity contribution in [2.24, 2.45) is 0 Å². The Hall–Kier alpha value is -2.14. The SMILES string of the molecule is COc1ccc(C)cc1C(=O)CCC(=O)Nc1cccc(Br)c1. The van der Waals surface area contributed by atoms with Gasteiger partial charge < -0.3 is 10.1 Å². The molecule has 2 aromatic carbocycles. The third-order valence-corrected chi connectivity index (χ3v) is 3.84. The van der Waals surface area contributed by atoms with E-state index >= 15 is 0 Å². The van der Waals surface area contributed by atoms with Crippen LogP contribution in [0.3, 0.4) is 0 Å². The average Bonchev–Trinajstić information content (AvgIpc) is 2.52. The molecule has 0 atom stereocenters. The quantitative estimate of drug-likeness (QED) is 0.762. The Morgan fingerprint density at radius 1 is 1.13 bits per heavy atom. The Bertz CT molecular complexity index is 728. The summed E-state index contributed by atoms with van der Waals surface area (Å²) in [5, 5.41) is 2.78. The van der Waals surface area contributed by atoms with Gasteiger partial charge in [-0.25, -0.2) is 0 Å². The van der Waals surface area contributed by atoms with Gasteiger partial charge in [0.1, 0.15) is 5.75 Å². The van der Waals surface area contributed by atoms with Crippen molar-refractivity contribution in [3.63, 3.8) is 0 Å². The van der Waals surface area contributed by atoms with E-state index in [0.717, 1.165) is 10.0 Å². The fourth-order valence-corrected chi connectivity index (χ4v) is 2.59. The van der Waals surface area contributed by atoms with Crippen LogP contribution in [0, 0.1) is 6.92 Å². The summed E-state index contributed by atoms with van der Waals surface area (Å²) in [5.41, 5.74) is 2.19. The highest BCUT2D eigenvalue weighted by molar-refractivity contribution is 9.10. The summed E-state index contributed by atoms with van der Waals surface area (Å²) < 4.78 is 6.10. The van der Waals surface area contributed by atoms with Crippen molar-refractivity contribution in [2.75, 3.05) is 12.4 Å². The molecular formula is C18H18BrNO3. The molecule has 0 aliphatic rings. The zero-order valence-electron chi connectivity index (χ0n) is 13.1. The third-order valence-electron chi connectivity index (χ3n) is 3.34. The van der Waals surface area contributed by atoms with E-state index < -0.39 is 0 Å². The van der Waals surface area contributed by atoms with Crippen molar-refractivity contribution < 1.29 is 14.3 Å². The molecule has 1 N–H and O–H groups in total. The Morgan fingerprint density at radius 2 is 1.91 bits per heavy atom. The van der Waals surface area contributed by atoms with Gasteiger partial charge >= 0.3 is 0 Å². The first-order valence-corrected chi connectivity index (χ1v) is 8.02. The van der Waals surface area contributed by atoms with Crippen molar-refractivity contribution >= 4 is 33.3 Å². The second kappa shape index (κ2) is 7.92. The lowest BCUT2D eigenvalue weighted by Crippen LogP contribution is -2.14. The molecule has 4 nitrogen and oxygen atoms in total. The molecule has 0 aliphatic heterocycles. The topological polar surface area (TPSA) is 55.4 Å². The molecule has 0 spiro atoms. The standard InChI is InChI=1S/C18H18BrNO3/c1-12-6-8-17(23-2)15(10-12)16(21)7-9-18(22)20-14-5-3-4-13(19)11-14/h3-6,8,10-11H,7,9H2,1-2H3,(H,20,22). The largest absolute Gasteiger partial charge is 0.496 e. The fourth-order valence-electron chi connectivity index (χ4n) is 2.19. The number of nitrogens with one attached hydrogen (secondary N) is 1. The number of aryl methyl sites for hydroxylation is 1. The molecule has 0 fully saturated rings. The van der Waals surface area contributed by atoms with Crippen molar-refractivity contribution in [2.45, 2.75) is 19.8 Å². The minimum absolute atomic E-state index is 0.102. The van der Waals surface area contributed by atoms with E-state index in [1.807, 2.05) is 31.2 Å². The molecule has 0 radical (unpaired) electrons. The highest BCUT2D eigenvalue weighted by atomic mass is 79.9. The van der Waals surface area contributed by atoms with Gasteiger partial charge in [0.15, 0.2) is 5.78 Å². The van der Waals surface area contributed by atoms with Gasteiger partial charge in [0.25, 0.3) is 0 Å². The third kappa shape index (κ3) is 4.93. The zero-order valence-corrected chi connectivity index (χ0v) is 14.6. The lowest BCUT2D eigenvalue weighted by Gasteiger charge is -2.09. The van der Waals surface area contributed by atoms with Crippen LogP contribution in [0.25, 0.3) is 0 Å². The lowest BCUT2D eigenvalue weighted by molar-refractivity contribution is -0.116. The van der Waals surface area contributed by atoms with Crippen molar-refractivity contribution in [1.82, 2.24) is 0 Å². The van der Waals surface area contributed by atoms with Crippen LogP contribution in [0.5, 0.6) is 5.75 Å². The number of carbonyl (C=O) groups excluding carboxylic acids is 2. The number of ketones is 1. The Kier molecular flexibility index (Phi) is 5.93. The van der Waals surface area contributed by atoms with Gasteiger partial charge in [0.2, 0.25) is 5.91 Å². The first-order chi connectivity index (χ1) is 11.0. The number of benzene rings is 2. The summed E-state index contributed by atoms with van der Waals surface area (Å²) in [4.78, 5) is 24.3. The van der Waals surface area contributed by atoms with Crippen LogP contribution in [-0.2, 0) is 4.79 Å². The number of amides is 1. The molecule has 23 heavy (non-hydrogen) atoms. The zero-order chi connectivity index (χ0) is 16.8. The number of hydrogen-bond acceptors (Lipinski definition) is 3. The first kappa shape index (κ1) is 17.2. The molecule has 5 heteroatoms. The normalized spacial score (nSPS) is 10.2. The van der Waals surface area contributed by atoms with Crippen LogP contribution in [0.4, 0.5) is 5.69 Å². The predicted octanol–water partition coefficient (Wildman–Crippen LogP) is 4.37. The lowest BCUT2D eigenvalue weighted by atomic mass is 10.0. The molecular weight excluding hydrogens is 358 g/mol. The number of halogens is 1. The van der Waals surface area contributed by atoms with E-state index in [1.54, 1.807) is 18.2 Å². The van der Waals surface area contributed by atoms with Crippen LogP contribution in [-0.4, -0.2) is 18.8 Å². The Labute approximate surface area is 144 Å². The average molecular weight is 376 g/mol. The van der Waals surface area contributed by atoms with Gasteiger partial charge in [0, 0.05) is 23.0 Å². The monoisotopic (exact) mass is 375 g/mol. The minimum Gasteiger partial charge on any atom is -0.496 e. The molecule has 0 heterocycles. The van der Waals surface area contributed by atoms with Gasteiger partial charge in [0.05, 0.1) is 12.7 Å². The maximum atomic E-state index is 12.3. The molecule has 0 unspecified atom stereocenters. The number of hydrogen-bond donors (Lipinski definition) is 1. The van der Waals surface area contributed by atoms with Crippen molar-refractivity contribution in [3.8, 4) is 5.75 Å². The Balaban J connectivity index is 1.96. The molecule has 1 amide bonds. The molecule has 0 bridgehead atoms. The van der Waals surface area contributed by atoms with Gasteiger partial charge in [-0.2, -0.15) is 0 Å². The predicted molar refractivity (Wildman–Crippen MR) is 94.1 cm³/mol. The van der Waals surface area contributed by atoms with E-state index in [1.165, 1.54) is 7.11 Å². The van der Waals surface area contributed by atoms with Crippen molar-refractivity contribution in [1.29, 1.82) is 0 Å². The number of Topliss-reactive ketones (excluding diaryl/α,β-unsaturated/α-hetero) is 1. The van der Waals surface area contributed by atoms with E-state index in [2.05, 4.69) is 21.2 Å². The molecule has 0 saturated carbocycles. The smallest absolute Gasteiger partial charge is 0.224 e. The maximum absolute atomic E-state index is 12.3. The van der Waals surface area contributed by atoms with Gasteiger partial charge in [-0.05, 0) is 37.3 Å². The number of anilines is 1. The molecule has 0 saturated heterocycles. The summed E-state index contributed by atoms with van der Waals surface area (Å²) in [6.45, 7) is 1.91. The van der Waals surface area contributed by atoms with Gasteiger partial charge in [-0.15, -0.1) is 0 Å². The summed E-state index contributed by atoms with van der Waals surface area (Å²) in [6.07, 6.45) is 0.266. The van der Waals surface area contributed by atoms with E-state index in [-0.39, 0.29) is 24.5 Å². The van der Waals surface area contributed by atoms with Crippen LogP contribution < -0.4 is 10.1 Å². The van der Waals surface area contributed by atoms with Crippen LogP contribution in [0.15, 0.2) is 46.9 Å². The second-order valence-electron chi connectivity index (χ2n) is 5.19. The number of ether oxygens (including phenoxy) is 1. The molecule has 0 aliphatic carbocycles. The van der Waals surface area contributed by atoms with E-state index in [9.17, 15) is 9.59 Å². The molecule has 2 rings (SSSR count). The maximum Gasteiger partial charge on any atom is 0.224 e.